The maximum atomic E-state index is 13.3. The molecule has 1 aliphatic carbocycles. The van der Waals surface area contributed by atoms with E-state index in [-0.39, 0.29) is 17.4 Å². The van der Waals surface area contributed by atoms with Crippen molar-refractivity contribution in [1.82, 2.24) is 15.3 Å². The second kappa shape index (κ2) is 8.05. The number of aromatic nitrogens is 2. The molecule has 3 N–H and O–H groups in total. The van der Waals surface area contributed by atoms with Gasteiger partial charge in [0, 0.05) is 0 Å². The molecule has 164 valence electrons. The van der Waals surface area contributed by atoms with Gasteiger partial charge in [0.15, 0.2) is 11.5 Å². The summed E-state index contributed by atoms with van der Waals surface area (Å²) in [6, 6.07) is 3.71. The number of halogens is 3. The monoisotopic (exact) mass is 435 g/mol. The highest BCUT2D eigenvalue weighted by Crippen LogP contribution is 2.36. The number of hydrogen-bond acceptors (Lipinski definition) is 6. The smallest absolute Gasteiger partial charge is 0.282 e. The van der Waals surface area contributed by atoms with Gasteiger partial charge in [0.05, 0.1) is 25.9 Å². The summed E-state index contributed by atoms with van der Waals surface area (Å²) in [6.07, 6.45) is 3.12. The summed E-state index contributed by atoms with van der Waals surface area (Å²) < 4.78 is 45.4. The van der Waals surface area contributed by atoms with E-state index in [2.05, 4.69) is 15.3 Å². The number of benzene rings is 1. The van der Waals surface area contributed by atoms with Crippen molar-refractivity contribution in [2.75, 3.05) is 24.6 Å². The summed E-state index contributed by atoms with van der Waals surface area (Å²) in [5.41, 5.74) is 5.50. The van der Waals surface area contributed by atoms with Crippen LogP contribution in [0.4, 0.5) is 19.0 Å². The van der Waals surface area contributed by atoms with E-state index >= 15 is 0 Å². The zero-order chi connectivity index (χ0) is 22.2. The SMILES string of the molecule is NC(=O)C(NC(=O)c1cnc(N2CC(F)(F)C2)c(OCC2CC2)n1)c1ccc(F)cc1. The van der Waals surface area contributed by atoms with Crippen LogP contribution in [0, 0.1) is 11.7 Å². The van der Waals surface area contributed by atoms with E-state index in [9.17, 15) is 22.8 Å². The maximum absolute atomic E-state index is 13.3. The fourth-order valence-corrected chi connectivity index (χ4v) is 3.11. The first kappa shape index (κ1) is 20.9. The first-order valence-corrected chi connectivity index (χ1v) is 9.70. The fraction of sp³-hybridized carbons (Fsp3) is 0.400. The summed E-state index contributed by atoms with van der Waals surface area (Å²) in [5.74, 6) is -4.46. The van der Waals surface area contributed by atoms with Crippen LogP contribution in [0.15, 0.2) is 30.5 Å². The summed E-state index contributed by atoms with van der Waals surface area (Å²) in [7, 11) is 0. The largest absolute Gasteiger partial charge is 0.475 e. The van der Waals surface area contributed by atoms with Gasteiger partial charge in [-0.15, -0.1) is 0 Å². The number of nitrogens with one attached hydrogen (secondary N) is 1. The average Bonchev–Trinajstić information content (AvgIpc) is 3.53. The molecule has 2 fully saturated rings. The van der Waals surface area contributed by atoms with Crippen LogP contribution in [-0.4, -0.2) is 47.4 Å². The van der Waals surface area contributed by atoms with Gasteiger partial charge >= 0.3 is 0 Å². The van der Waals surface area contributed by atoms with Crippen LogP contribution in [0.25, 0.3) is 0 Å². The summed E-state index contributed by atoms with van der Waals surface area (Å²) in [4.78, 5) is 34.1. The number of nitrogens with zero attached hydrogens (tertiary/aromatic N) is 3. The number of hydrogen-bond donors (Lipinski definition) is 2. The van der Waals surface area contributed by atoms with Gasteiger partial charge in [0.2, 0.25) is 5.91 Å². The van der Waals surface area contributed by atoms with Crippen molar-refractivity contribution in [1.29, 1.82) is 0 Å². The standard InChI is InChI=1S/C20H20F3N5O3/c21-13-5-3-12(4-6-13)15(16(24)29)27-18(30)14-7-25-17(28-9-20(22,23)10-28)19(26-14)31-8-11-1-2-11/h3-7,11,15H,1-2,8-10H2,(H2,24,29)(H,27,30). The Morgan fingerprint density at radius 3 is 2.52 bits per heavy atom. The van der Waals surface area contributed by atoms with Crippen LogP contribution in [0.1, 0.15) is 34.9 Å². The van der Waals surface area contributed by atoms with E-state index < -0.39 is 42.7 Å². The summed E-state index contributed by atoms with van der Waals surface area (Å²) >= 11 is 0. The van der Waals surface area contributed by atoms with Gasteiger partial charge < -0.3 is 20.7 Å². The van der Waals surface area contributed by atoms with E-state index in [1.165, 1.54) is 17.0 Å². The maximum Gasteiger partial charge on any atom is 0.282 e. The number of anilines is 1. The minimum atomic E-state index is -2.81. The van der Waals surface area contributed by atoms with Crippen molar-refractivity contribution in [3.05, 3.63) is 47.5 Å². The molecule has 11 heteroatoms. The molecule has 2 heterocycles. The number of nitrogens with two attached hydrogens (primary N) is 1. The Kier molecular flexibility index (Phi) is 5.42. The third-order valence-corrected chi connectivity index (χ3v) is 5.01. The van der Waals surface area contributed by atoms with Gasteiger partial charge in [-0.05, 0) is 36.5 Å². The third-order valence-electron chi connectivity index (χ3n) is 5.01. The van der Waals surface area contributed by atoms with Crippen LogP contribution in [0.5, 0.6) is 5.88 Å². The highest BCUT2D eigenvalue weighted by atomic mass is 19.3. The molecule has 1 aliphatic heterocycles. The predicted octanol–water partition coefficient (Wildman–Crippen LogP) is 1.82. The molecule has 1 aromatic heterocycles. The van der Waals surface area contributed by atoms with Gasteiger partial charge in [-0.25, -0.2) is 23.1 Å². The lowest BCUT2D eigenvalue weighted by atomic mass is 10.1. The molecule has 1 aromatic carbocycles. The van der Waals surface area contributed by atoms with E-state index in [0.29, 0.717) is 18.1 Å². The van der Waals surface area contributed by atoms with Crippen LogP contribution in [-0.2, 0) is 4.79 Å². The number of carbonyl (C=O) groups is 2. The molecule has 2 amide bonds. The lowest BCUT2D eigenvalue weighted by Crippen LogP contribution is -2.56. The second-order valence-corrected chi connectivity index (χ2v) is 7.71. The number of amides is 2. The molecular formula is C20H20F3N5O3. The Morgan fingerprint density at radius 2 is 1.94 bits per heavy atom. The lowest BCUT2D eigenvalue weighted by molar-refractivity contribution is -0.120. The first-order chi connectivity index (χ1) is 14.7. The zero-order valence-corrected chi connectivity index (χ0v) is 16.4. The molecule has 8 nitrogen and oxygen atoms in total. The predicted molar refractivity (Wildman–Crippen MR) is 103 cm³/mol. The van der Waals surface area contributed by atoms with Gasteiger partial charge in [0.25, 0.3) is 17.7 Å². The summed E-state index contributed by atoms with van der Waals surface area (Å²) in [6.45, 7) is -0.681. The molecular weight excluding hydrogens is 415 g/mol. The molecule has 1 unspecified atom stereocenters. The molecule has 0 radical (unpaired) electrons. The highest BCUT2D eigenvalue weighted by molar-refractivity contribution is 5.96. The zero-order valence-electron chi connectivity index (χ0n) is 16.4. The lowest BCUT2D eigenvalue weighted by Gasteiger charge is -2.39. The van der Waals surface area contributed by atoms with Gasteiger partial charge in [0.1, 0.15) is 11.9 Å². The molecule has 1 saturated heterocycles. The topological polar surface area (TPSA) is 110 Å². The molecule has 0 bridgehead atoms. The summed E-state index contributed by atoms with van der Waals surface area (Å²) in [5, 5.41) is 2.44. The van der Waals surface area contributed by atoms with Crippen molar-refractivity contribution in [3.63, 3.8) is 0 Å². The van der Waals surface area contributed by atoms with Crippen LogP contribution >= 0.6 is 0 Å². The van der Waals surface area contributed by atoms with Gasteiger partial charge in [-0.3, -0.25) is 9.59 Å². The van der Waals surface area contributed by atoms with Crippen molar-refractivity contribution in [2.24, 2.45) is 11.7 Å². The second-order valence-electron chi connectivity index (χ2n) is 7.71. The normalized spacial score (nSPS) is 18.1. The molecule has 2 aromatic rings. The Labute approximate surface area is 175 Å². The Morgan fingerprint density at radius 1 is 1.26 bits per heavy atom. The molecule has 1 saturated carbocycles. The Balaban J connectivity index is 1.54. The highest BCUT2D eigenvalue weighted by Gasteiger charge is 2.46. The molecule has 0 spiro atoms. The quantitative estimate of drug-likeness (QED) is 0.655. The van der Waals surface area contributed by atoms with Crippen LogP contribution in [0.3, 0.4) is 0 Å². The number of carbonyl (C=O) groups excluding carboxylic acids is 2. The molecule has 31 heavy (non-hydrogen) atoms. The number of ether oxygens (including phenoxy) is 1. The third kappa shape index (κ3) is 4.86. The van der Waals surface area contributed by atoms with Crippen LogP contribution in [0.2, 0.25) is 0 Å². The molecule has 1 atom stereocenters. The Hall–Kier alpha value is -3.37. The van der Waals surface area contributed by atoms with Crippen molar-refractivity contribution in [3.8, 4) is 5.88 Å². The van der Waals surface area contributed by atoms with E-state index in [1.54, 1.807) is 0 Å². The number of alkyl halides is 2. The first-order valence-electron chi connectivity index (χ1n) is 9.70. The van der Waals surface area contributed by atoms with Crippen molar-refractivity contribution in [2.45, 2.75) is 24.8 Å². The van der Waals surface area contributed by atoms with E-state index in [1.807, 2.05) is 0 Å². The van der Waals surface area contributed by atoms with Crippen molar-refractivity contribution < 1.29 is 27.5 Å². The van der Waals surface area contributed by atoms with Gasteiger partial charge in [-0.1, -0.05) is 12.1 Å². The van der Waals surface area contributed by atoms with E-state index in [4.69, 9.17) is 10.5 Å². The number of primary amides is 1. The molecule has 2 aliphatic rings. The van der Waals surface area contributed by atoms with E-state index in [0.717, 1.165) is 31.2 Å². The molecule has 4 rings (SSSR count). The van der Waals surface area contributed by atoms with Crippen molar-refractivity contribution >= 4 is 17.6 Å². The minimum Gasteiger partial charge on any atom is -0.475 e. The average molecular weight is 435 g/mol. The minimum absolute atomic E-state index is 0.0209. The van der Waals surface area contributed by atoms with Gasteiger partial charge in [-0.2, -0.15) is 0 Å². The number of rotatable bonds is 8. The fourth-order valence-electron chi connectivity index (χ4n) is 3.11. The Bertz CT molecular complexity index is 990. The van der Waals surface area contributed by atoms with Crippen LogP contribution < -0.4 is 20.7 Å².